The second-order valence-corrected chi connectivity index (χ2v) is 4.16. The minimum Gasteiger partial charge on any atom is -0.353 e. The van der Waals surface area contributed by atoms with Crippen molar-refractivity contribution in [2.75, 3.05) is 5.33 Å². The van der Waals surface area contributed by atoms with Crippen molar-refractivity contribution >= 4 is 21.8 Å². The number of carbonyl (C=O) groups excluding carboxylic acids is 1. The van der Waals surface area contributed by atoms with E-state index in [-0.39, 0.29) is 5.91 Å². The highest BCUT2D eigenvalue weighted by atomic mass is 79.9. The van der Waals surface area contributed by atoms with Gasteiger partial charge in [0, 0.05) is 17.8 Å². The molecular formula is C10H20BrNO. The summed E-state index contributed by atoms with van der Waals surface area (Å²) in [5.41, 5.74) is 0. The largest absolute Gasteiger partial charge is 0.353 e. The number of hydrogen-bond donors (Lipinski definition) is 1. The molecule has 2 nitrogen and oxygen atoms in total. The van der Waals surface area contributed by atoms with Crippen molar-refractivity contribution in [3.05, 3.63) is 0 Å². The molecule has 0 heterocycles. The third-order valence-corrected chi connectivity index (χ3v) is 2.86. The maximum atomic E-state index is 11.2. The topological polar surface area (TPSA) is 29.1 Å². The van der Waals surface area contributed by atoms with E-state index < -0.39 is 0 Å². The Hall–Kier alpha value is -0.0500. The first-order valence-electron chi connectivity index (χ1n) is 5.01. The van der Waals surface area contributed by atoms with E-state index in [0.29, 0.717) is 18.4 Å². The summed E-state index contributed by atoms with van der Waals surface area (Å²) in [5.74, 6) is 0.760. The van der Waals surface area contributed by atoms with Crippen molar-refractivity contribution in [3.8, 4) is 0 Å². The van der Waals surface area contributed by atoms with Gasteiger partial charge in [-0.1, -0.05) is 42.6 Å². The van der Waals surface area contributed by atoms with Crippen LogP contribution in [-0.2, 0) is 4.79 Å². The third kappa shape index (κ3) is 5.29. The molecule has 0 aliphatic carbocycles. The van der Waals surface area contributed by atoms with Crippen LogP contribution in [0.5, 0.6) is 0 Å². The number of hydrogen-bond acceptors (Lipinski definition) is 1. The molecule has 3 heteroatoms. The highest BCUT2D eigenvalue weighted by molar-refractivity contribution is 9.09. The van der Waals surface area contributed by atoms with E-state index in [4.69, 9.17) is 0 Å². The van der Waals surface area contributed by atoms with Gasteiger partial charge in [-0.3, -0.25) is 4.79 Å². The molecule has 0 spiro atoms. The second kappa shape index (κ2) is 7.36. The zero-order valence-corrected chi connectivity index (χ0v) is 10.4. The summed E-state index contributed by atoms with van der Waals surface area (Å²) < 4.78 is 0. The van der Waals surface area contributed by atoms with Crippen LogP contribution in [0.25, 0.3) is 0 Å². The summed E-state index contributed by atoms with van der Waals surface area (Å²) in [6, 6.07) is 0.307. The maximum absolute atomic E-state index is 11.2. The van der Waals surface area contributed by atoms with Crippen molar-refractivity contribution in [2.45, 2.75) is 46.1 Å². The highest BCUT2D eigenvalue weighted by Gasteiger charge is 2.14. The van der Waals surface area contributed by atoms with Crippen LogP contribution in [-0.4, -0.2) is 17.3 Å². The average molecular weight is 250 g/mol. The van der Waals surface area contributed by atoms with Crippen molar-refractivity contribution in [1.29, 1.82) is 0 Å². The molecule has 13 heavy (non-hydrogen) atoms. The minimum absolute atomic E-state index is 0.149. The fourth-order valence-electron chi connectivity index (χ4n) is 1.53. The molecule has 0 saturated heterocycles. The normalized spacial score (nSPS) is 13.0. The molecular weight excluding hydrogens is 230 g/mol. The number of carbonyl (C=O) groups is 1. The molecule has 1 N–H and O–H groups in total. The van der Waals surface area contributed by atoms with Gasteiger partial charge in [0.05, 0.1) is 0 Å². The molecule has 0 radical (unpaired) electrons. The number of nitrogens with one attached hydrogen (secondary N) is 1. The Morgan fingerprint density at radius 3 is 2.31 bits per heavy atom. The van der Waals surface area contributed by atoms with E-state index in [1.54, 1.807) is 0 Å². The standard InChI is InChI=1S/C10H20BrNO/c1-4-9(5-2)8(3)12-10(13)6-7-11/h8-9H,4-7H2,1-3H3,(H,12,13). The molecule has 0 aliphatic heterocycles. The van der Waals surface area contributed by atoms with Crippen LogP contribution in [0.3, 0.4) is 0 Å². The van der Waals surface area contributed by atoms with Gasteiger partial charge < -0.3 is 5.32 Å². The van der Waals surface area contributed by atoms with E-state index >= 15 is 0 Å². The summed E-state index contributed by atoms with van der Waals surface area (Å²) in [4.78, 5) is 11.2. The third-order valence-electron chi connectivity index (χ3n) is 2.47. The summed E-state index contributed by atoms with van der Waals surface area (Å²) in [7, 11) is 0. The van der Waals surface area contributed by atoms with E-state index in [9.17, 15) is 4.79 Å². The van der Waals surface area contributed by atoms with Crippen molar-refractivity contribution in [2.24, 2.45) is 5.92 Å². The Bertz CT molecular complexity index is 146. The molecule has 1 amide bonds. The van der Waals surface area contributed by atoms with Crippen LogP contribution in [0.1, 0.15) is 40.0 Å². The van der Waals surface area contributed by atoms with Crippen LogP contribution in [0.4, 0.5) is 0 Å². The lowest BCUT2D eigenvalue weighted by Crippen LogP contribution is -2.37. The monoisotopic (exact) mass is 249 g/mol. The molecule has 78 valence electrons. The summed E-state index contributed by atoms with van der Waals surface area (Å²) in [6.45, 7) is 6.42. The predicted molar refractivity (Wildman–Crippen MR) is 60.1 cm³/mol. The van der Waals surface area contributed by atoms with Crippen molar-refractivity contribution in [1.82, 2.24) is 5.32 Å². The van der Waals surface area contributed by atoms with Crippen LogP contribution >= 0.6 is 15.9 Å². The molecule has 0 aliphatic rings. The summed E-state index contributed by atoms with van der Waals surface area (Å²) in [5, 5.41) is 3.76. The Morgan fingerprint density at radius 2 is 1.92 bits per heavy atom. The van der Waals surface area contributed by atoms with Gasteiger partial charge in [-0.2, -0.15) is 0 Å². The van der Waals surface area contributed by atoms with Crippen molar-refractivity contribution in [3.63, 3.8) is 0 Å². The van der Waals surface area contributed by atoms with Gasteiger partial charge in [0.15, 0.2) is 0 Å². The van der Waals surface area contributed by atoms with Gasteiger partial charge in [-0.25, -0.2) is 0 Å². The number of rotatable bonds is 6. The Morgan fingerprint density at radius 1 is 1.38 bits per heavy atom. The molecule has 0 fully saturated rings. The Kier molecular flexibility index (Phi) is 7.33. The summed E-state index contributed by atoms with van der Waals surface area (Å²) in [6.07, 6.45) is 2.84. The summed E-state index contributed by atoms with van der Waals surface area (Å²) >= 11 is 3.25. The van der Waals surface area contributed by atoms with E-state index in [2.05, 4.69) is 42.0 Å². The molecule has 1 atom stereocenters. The Balaban J connectivity index is 3.82. The van der Waals surface area contributed by atoms with Gasteiger partial charge in [0.1, 0.15) is 0 Å². The van der Waals surface area contributed by atoms with Crippen LogP contribution in [0.15, 0.2) is 0 Å². The lowest BCUT2D eigenvalue weighted by atomic mass is 9.95. The predicted octanol–water partition coefficient (Wildman–Crippen LogP) is 2.71. The fraction of sp³-hybridized carbons (Fsp3) is 0.900. The molecule has 0 rings (SSSR count). The van der Waals surface area contributed by atoms with Crippen LogP contribution in [0.2, 0.25) is 0 Å². The van der Waals surface area contributed by atoms with Gasteiger partial charge in [0.2, 0.25) is 5.91 Å². The maximum Gasteiger partial charge on any atom is 0.221 e. The zero-order chi connectivity index (χ0) is 10.3. The number of halogens is 1. The number of alkyl halides is 1. The minimum atomic E-state index is 0.149. The first-order valence-corrected chi connectivity index (χ1v) is 6.13. The Labute approximate surface area is 89.6 Å². The highest BCUT2D eigenvalue weighted by Crippen LogP contribution is 2.12. The SMILES string of the molecule is CCC(CC)C(C)NC(=O)CCBr. The van der Waals surface area contributed by atoms with Gasteiger partial charge in [-0.05, 0) is 12.8 Å². The van der Waals surface area contributed by atoms with E-state index in [1.165, 1.54) is 0 Å². The first kappa shape index (κ1) is 12.9. The molecule has 0 bridgehead atoms. The van der Waals surface area contributed by atoms with Crippen molar-refractivity contribution < 1.29 is 4.79 Å². The first-order chi connectivity index (χ1) is 6.15. The van der Waals surface area contributed by atoms with Gasteiger partial charge in [0.25, 0.3) is 0 Å². The molecule has 0 saturated carbocycles. The van der Waals surface area contributed by atoms with E-state index in [1.807, 2.05) is 0 Å². The van der Waals surface area contributed by atoms with E-state index in [0.717, 1.165) is 18.2 Å². The quantitative estimate of drug-likeness (QED) is 0.721. The lowest BCUT2D eigenvalue weighted by Gasteiger charge is -2.22. The second-order valence-electron chi connectivity index (χ2n) is 3.37. The zero-order valence-electron chi connectivity index (χ0n) is 8.77. The molecule has 0 aromatic heterocycles. The smallest absolute Gasteiger partial charge is 0.221 e. The molecule has 0 aromatic rings. The molecule has 1 unspecified atom stereocenters. The molecule has 0 aromatic carbocycles. The van der Waals surface area contributed by atoms with Crippen LogP contribution < -0.4 is 5.32 Å². The number of amides is 1. The lowest BCUT2D eigenvalue weighted by molar-refractivity contribution is -0.121. The van der Waals surface area contributed by atoms with Crippen LogP contribution in [0, 0.1) is 5.92 Å². The fourth-order valence-corrected chi connectivity index (χ4v) is 1.89. The van der Waals surface area contributed by atoms with Gasteiger partial charge >= 0.3 is 0 Å². The average Bonchev–Trinajstić information content (AvgIpc) is 2.06. The van der Waals surface area contributed by atoms with Gasteiger partial charge in [-0.15, -0.1) is 0 Å².